The van der Waals surface area contributed by atoms with Crippen LogP contribution in [0.4, 0.5) is 5.69 Å². The maximum absolute atomic E-state index is 2.52. The summed E-state index contributed by atoms with van der Waals surface area (Å²) in [6.07, 6.45) is 3.88. The third kappa shape index (κ3) is 4.04. The summed E-state index contributed by atoms with van der Waals surface area (Å²) in [7, 11) is 4.47. The van der Waals surface area contributed by atoms with Crippen LogP contribution in [0, 0.1) is 62.3 Å². The zero-order valence-corrected chi connectivity index (χ0v) is 22.0. The number of hydrogen-bond acceptors (Lipinski definition) is 2. The second kappa shape index (κ2) is 8.98. The number of fused-ring (bicyclic) bond motifs is 1. The van der Waals surface area contributed by atoms with E-state index in [1.165, 1.54) is 88.1 Å². The highest BCUT2D eigenvalue weighted by atomic mass is 15.1. The highest BCUT2D eigenvalue weighted by Gasteiger charge is 2.27. The topological polar surface area (TPSA) is 6.48 Å². The molecule has 2 aromatic rings. The van der Waals surface area contributed by atoms with E-state index in [1.54, 1.807) is 11.1 Å². The van der Waals surface area contributed by atoms with Crippen LogP contribution in [-0.4, -0.2) is 32.1 Å². The molecule has 0 bridgehead atoms. The molecule has 0 amide bonds. The van der Waals surface area contributed by atoms with Crippen molar-refractivity contribution in [3.8, 4) is 0 Å². The summed E-state index contributed by atoms with van der Waals surface area (Å²) < 4.78 is 0. The van der Waals surface area contributed by atoms with Gasteiger partial charge in [0.05, 0.1) is 0 Å². The molecule has 0 radical (unpaired) electrons. The Kier molecular flexibility index (Phi) is 6.91. The second-order valence-electron chi connectivity index (χ2n) is 10.2. The quantitative estimate of drug-likeness (QED) is 0.494. The van der Waals surface area contributed by atoms with Gasteiger partial charge >= 0.3 is 0 Å². The molecule has 2 aliphatic heterocycles. The molecule has 2 heterocycles. The van der Waals surface area contributed by atoms with E-state index in [0.29, 0.717) is 6.04 Å². The molecule has 31 heavy (non-hydrogen) atoms. The van der Waals surface area contributed by atoms with Crippen molar-refractivity contribution in [1.29, 1.82) is 0 Å². The molecule has 1 fully saturated rings. The minimum absolute atomic E-state index is 0.646. The Bertz CT molecular complexity index is 970. The van der Waals surface area contributed by atoms with Gasteiger partial charge in [-0.05, 0) is 156 Å². The SMILES string of the molecule is Cc1c(C)c(C)c(C2CCCN2C)c(C)c1C.Cc1c(C)c(C)c2c(c1C)CCN2C. The van der Waals surface area contributed by atoms with Gasteiger partial charge in [0.15, 0.2) is 0 Å². The summed E-state index contributed by atoms with van der Waals surface area (Å²) >= 11 is 0. The maximum Gasteiger partial charge on any atom is 0.0432 e. The highest BCUT2D eigenvalue weighted by molar-refractivity contribution is 5.69. The highest BCUT2D eigenvalue weighted by Crippen LogP contribution is 2.38. The molecule has 2 heteroatoms. The average Bonchev–Trinajstić information content (AvgIpc) is 3.34. The van der Waals surface area contributed by atoms with Crippen molar-refractivity contribution < 1.29 is 0 Å². The largest absolute Gasteiger partial charge is 0.374 e. The van der Waals surface area contributed by atoms with E-state index < -0.39 is 0 Å². The summed E-state index contributed by atoms with van der Waals surface area (Å²) in [6, 6.07) is 0.646. The first-order valence-electron chi connectivity index (χ1n) is 12.1. The molecule has 1 saturated heterocycles. The number of benzene rings is 2. The number of nitrogens with zero attached hydrogens (tertiary/aromatic N) is 2. The fourth-order valence-corrected chi connectivity index (χ4v) is 5.89. The molecule has 0 saturated carbocycles. The normalized spacial score (nSPS) is 18.3. The van der Waals surface area contributed by atoms with E-state index in [0.717, 1.165) is 0 Å². The van der Waals surface area contributed by atoms with Crippen LogP contribution >= 0.6 is 0 Å². The predicted molar refractivity (Wildman–Crippen MR) is 137 cm³/mol. The molecule has 0 aliphatic carbocycles. The number of rotatable bonds is 1. The molecular formula is C29H44N2. The predicted octanol–water partition coefficient (Wildman–Crippen LogP) is 6.91. The van der Waals surface area contributed by atoms with Crippen LogP contribution in [0.15, 0.2) is 0 Å². The average molecular weight is 421 g/mol. The van der Waals surface area contributed by atoms with E-state index in [2.05, 4.69) is 86.2 Å². The van der Waals surface area contributed by atoms with Crippen molar-refractivity contribution in [2.75, 3.05) is 32.1 Å². The Balaban J connectivity index is 0.000000179. The van der Waals surface area contributed by atoms with Gasteiger partial charge in [-0.2, -0.15) is 0 Å². The monoisotopic (exact) mass is 420 g/mol. The number of hydrogen-bond donors (Lipinski definition) is 0. The first-order chi connectivity index (χ1) is 14.5. The summed E-state index contributed by atoms with van der Waals surface area (Å²) in [4.78, 5) is 4.91. The van der Waals surface area contributed by atoms with Gasteiger partial charge in [0.25, 0.3) is 0 Å². The van der Waals surface area contributed by atoms with Gasteiger partial charge in [-0.3, -0.25) is 4.90 Å². The standard InChI is InChI=1S/C16H25N.C13H19N/c1-10-11(2)13(4)16(14(5)12(10)3)15-8-7-9-17(15)6;1-8-9(2)11(4)13-12(10(8)3)6-7-14(13)5/h15H,7-9H2,1-6H3;6-7H2,1-5H3. The Hall–Kier alpha value is -1.80. The smallest absolute Gasteiger partial charge is 0.0432 e. The molecule has 0 spiro atoms. The molecular weight excluding hydrogens is 376 g/mol. The summed E-state index contributed by atoms with van der Waals surface area (Å²) in [5.41, 5.74) is 18.1. The zero-order valence-electron chi connectivity index (χ0n) is 22.0. The van der Waals surface area contributed by atoms with Gasteiger partial charge in [-0.15, -0.1) is 0 Å². The lowest BCUT2D eigenvalue weighted by molar-refractivity contribution is 0.315. The minimum atomic E-state index is 0.646. The molecule has 2 nitrogen and oxygen atoms in total. The zero-order chi connectivity index (χ0) is 23.2. The maximum atomic E-state index is 2.52. The van der Waals surface area contributed by atoms with Gasteiger partial charge in [0, 0.05) is 25.3 Å². The van der Waals surface area contributed by atoms with E-state index in [9.17, 15) is 0 Å². The minimum Gasteiger partial charge on any atom is -0.374 e. The molecule has 170 valence electrons. The van der Waals surface area contributed by atoms with Crippen LogP contribution in [0.5, 0.6) is 0 Å². The van der Waals surface area contributed by atoms with E-state index in [1.807, 2.05) is 0 Å². The van der Waals surface area contributed by atoms with Gasteiger partial charge < -0.3 is 4.90 Å². The molecule has 1 unspecified atom stereocenters. The third-order valence-electron chi connectivity index (χ3n) is 8.77. The van der Waals surface area contributed by atoms with Crippen LogP contribution in [0.3, 0.4) is 0 Å². The first kappa shape index (κ1) is 23.9. The van der Waals surface area contributed by atoms with Gasteiger partial charge in [-0.1, -0.05) is 0 Å². The molecule has 4 rings (SSSR count). The van der Waals surface area contributed by atoms with Crippen LogP contribution in [-0.2, 0) is 6.42 Å². The Labute approximate surface area is 191 Å². The Morgan fingerprint density at radius 3 is 1.58 bits per heavy atom. The van der Waals surface area contributed by atoms with Gasteiger partial charge in [0.2, 0.25) is 0 Å². The fraction of sp³-hybridized carbons (Fsp3) is 0.586. The lowest BCUT2D eigenvalue weighted by Crippen LogP contribution is -2.20. The summed E-state index contributed by atoms with van der Waals surface area (Å²) in [5.74, 6) is 0. The van der Waals surface area contributed by atoms with E-state index >= 15 is 0 Å². The van der Waals surface area contributed by atoms with Crippen molar-refractivity contribution >= 4 is 5.69 Å². The molecule has 2 aliphatic rings. The van der Waals surface area contributed by atoms with Gasteiger partial charge in [0.1, 0.15) is 0 Å². The van der Waals surface area contributed by atoms with Crippen LogP contribution < -0.4 is 4.90 Å². The summed E-state index contributed by atoms with van der Waals surface area (Å²) in [5, 5.41) is 0. The second-order valence-corrected chi connectivity index (χ2v) is 10.2. The van der Waals surface area contributed by atoms with Crippen molar-refractivity contribution in [3.05, 3.63) is 61.2 Å². The Morgan fingerprint density at radius 1 is 0.581 bits per heavy atom. The fourth-order valence-electron chi connectivity index (χ4n) is 5.89. The third-order valence-corrected chi connectivity index (χ3v) is 8.77. The molecule has 0 N–H and O–H groups in total. The number of anilines is 1. The van der Waals surface area contributed by atoms with Crippen LogP contribution in [0.2, 0.25) is 0 Å². The summed E-state index contributed by atoms with van der Waals surface area (Å²) in [6.45, 7) is 22.8. The Morgan fingerprint density at radius 2 is 1.06 bits per heavy atom. The first-order valence-corrected chi connectivity index (χ1v) is 12.1. The lowest BCUT2D eigenvalue weighted by Gasteiger charge is -2.27. The molecule has 0 aromatic heterocycles. The van der Waals surface area contributed by atoms with Crippen molar-refractivity contribution in [3.63, 3.8) is 0 Å². The number of likely N-dealkylation sites (N-methyl/N-ethyl adjacent to an activating group) is 1. The number of likely N-dealkylation sites (tertiary alicyclic amines) is 1. The van der Waals surface area contributed by atoms with Crippen LogP contribution in [0.1, 0.15) is 80.1 Å². The molecule has 1 atom stereocenters. The van der Waals surface area contributed by atoms with E-state index in [4.69, 9.17) is 0 Å². The van der Waals surface area contributed by atoms with Crippen molar-refractivity contribution in [2.24, 2.45) is 0 Å². The van der Waals surface area contributed by atoms with Crippen molar-refractivity contribution in [1.82, 2.24) is 4.90 Å². The molecule has 2 aromatic carbocycles. The van der Waals surface area contributed by atoms with E-state index in [-0.39, 0.29) is 0 Å². The lowest BCUT2D eigenvalue weighted by atomic mass is 9.85. The van der Waals surface area contributed by atoms with Crippen LogP contribution in [0.25, 0.3) is 0 Å². The van der Waals surface area contributed by atoms with Crippen molar-refractivity contribution in [2.45, 2.75) is 87.6 Å². The van der Waals surface area contributed by atoms with Gasteiger partial charge in [-0.25, -0.2) is 0 Å².